The van der Waals surface area contributed by atoms with Crippen LogP contribution in [0.1, 0.15) is 26.3 Å². The molecule has 0 bridgehead atoms. The molecule has 5 nitrogen and oxygen atoms in total. The monoisotopic (exact) mass is 359 g/mol. The summed E-state index contributed by atoms with van der Waals surface area (Å²) in [7, 11) is 0. The lowest BCUT2D eigenvalue weighted by Gasteiger charge is -2.23. The number of alkyl halides is 2. The highest BCUT2D eigenvalue weighted by atomic mass is 19.3. The van der Waals surface area contributed by atoms with Crippen LogP contribution >= 0.6 is 0 Å². The fourth-order valence-electron chi connectivity index (χ4n) is 2.67. The zero-order valence-corrected chi connectivity index (χ0v) is 15.1. The van der Waals surface area contributed by atoms with Crippen LogP contribution in [0.4, 0.5) is 14.6 Å². The highest BCUT2D eigenvalue weighted by molar-refractivity contribution is 5.93. The third-order valence-electron chi connectivity index (χ3n) is 4.38. The second-order valence-electron chi connectivity index (χ2n) is 7.30. The summed E-state index contributed by atoms with van der Waals surface area (Å²) >= 11 is 0. The zero-order chi connectivity index (χ0) is 18.9. The minimum atomic E-state index is -3.01. The van der Waals surface area contributed by atoms with Gasteiger partial charge in [0.2, 0.25) is 0 Å². The molecule has 26 heavy (non-hydrogen) atoms. The van der Waals surface area contributed by atoms with E-state index in [4.69, 9.17) is 5.73 Å². The lowest BCUT2D eigenvalue weighted by Crippen LogP contribution is -2.31. The van der Waals surface area contributed by atoms with E-state index in [9.17, 15) is 8.78 Å². The van der Waals surface area contributed by atoms with Gasteiger partial charge < -0.3 is 16.0 Å². The van der Waals surface area contributed by atoms with Gasteiger partial charge in [-0.3, -0.25) is 0 Å². The van der Waals surface area contributed by atoms with Crippen LogP contribution in [-0.2, 0) is 5.92 Å². The van der Waals surface area contributed by atoms with E-state index < -0.39 is 5.92 Å². The molecule has 0 spiro atoms. The highest BCUT2D eigenvalue weighted by Crippen LogP contribution is 2.37. The van der Waals surface area contributed by atoms with Crippen molar-refractivity contribution in [1.82, 2.24) is 15.0 Å². The molecule has 0 amide bonds. The molecule has 138 valence electrons. The molecule has 0 aliphatic carbocycles. The van der Waals surface area contributed by atoms with Gasteiger partial charge in [0.1, 0.15) is 11.5 Å². The minimum Gasteiger partial charge on any atom is -0.369 e. The first kappa shape index (κ1) is 18.3. The Labute approximate surface area is 151 Å². The second kappa shape index (κ2) is 6.64. The van der Waals surface area contributed by atoms with E-state index in [1.54, 1.807) is 24.5 Å². The SMILES string of the molecule is CC(C)(CN)CNc1ccc(C(C)(F)F)c(-c2c[nH]c3ncccc23)n1. The maximum atomic E-state index is 14.2. The third kappa shape index (κ3) is 3.67. The normalized spacial score (nSPS) is 12.5. The van der Waals surface area contributed by atoms with Gasteiger partial charge in [0.25, 0.3) is 5.92 Å². The number of halogens is 2. The summed E-state index contributed by atoms with van der Waals surface area (Å²) in [6.07, 6.45) is 3.32. The number of nitrogens with zero attached hydrogens (tertiary/aromatic N) is 2. The Morgan fingerprint density at radius 3 is 2.65 bits per heavy atom. The summed E-state index contributed by atoms with van der Waals surface area (Å²) in [5.41, 5.74) is 6.99. The van der Waals surface area contributed by atoms with E-state index in [0.717, 1.165) is 12.3 Å². The summed E-state index contributed by atoms with van der Waals surface area (Å²) < 4.78 is 28.3. The van der Waals surface area contributed by atoms with Crippen LogP contribution in [0.15, 0.2) is 36.7 Å². The predicted molar refractivity (Wildman–Crippen MR) is 100 cm³/mol. The van der Waals surface area contributed by atoms with Crippen molar-refractivity contribution < 1.29 is 8.78 Å². The lowest BCUT2D eigenvalue weighted by atomic mass is 9.94. The summed E-state index contributed by atoms with van der Waals surface area (Å²) in [5.74, 6) is -2.48. The van der Waals surface area contributed by atoms with Crippen molar-refractivity contribution in [2.75, 3.05) is 18.4 Å². The maximum Gasteiger partial charge on any atom is 0.272 e. The number of aromatic nitrogens is 3. The largest absolute Gasteiger partial charge is 0.369 e. The maximum absolute atomic E-state index is 14.2. The van der Waals surface area contributed by atoms with Crippen LogP contribution in [0, 0.1) is 5.41 Å². The van der Waals surface area contributed by atoms with Crippen molar-refractivity contribution in [3.05, 3.63) is 42.2 Å². The number of fused-ring (bicyclic) bond motifs is 1. The average molecular weight is 359 g/mol. The molecule has 0 aliphatic heterocycles. The van der Waals surface area contributed by atoms with Crippen molar-refractivity contribution in [2.24, 2.45) is 11.1 Å². The fraction of sp³-hybridized carbons (Fsp3) is 0.368. The Hall–Kier alpha value is -2.54. The molecule has 7 heteroatoms. The molecule has 0 saturated carbocycles. The van der Waals surface area contributed by atoms with Gasteiger partial charge in [-0.05, 0) is 36.2 Å². The number of H-pyrrole nitrogens is 1. The summed E-state index contributed by atoms with van der Waals surface area (Å²) in [5, 5.41) is 3.96. The average Bonchev–Trinajstić information content (AvgIpc) is 3.03. The highest BCUT2D eigenvalue weighted by Gasteiger charge is 2.30. The van der Waals surface area contributed by atoms with E-state index in [1.165, 1.54) is 6.07 Å². The molecule has 3 heterocycles. The molecular weight excluding hydrogens is 336 g/mol. The van der Waals surface area contributed by atoms with Crippen LogP contribution in [0.3, 0.4) is 0 Å². The first-order valence-corrected chi connectivity index (χ1v) is 8.47. The first-order chi connectivity index (χ1) is 12.2. The van der Waals surface area contributed by atoms with Gasteiger partial charge in [0.05, 0.1) is 5.69 Å². The Bertz CT molecular complexity index is 912. The predicted octanol–water partition coefficient (Wildman–Crippen LogP) is 4.13. The number of nitrogens with one attached hydrogen (secondary N) is 2. The van der Waals surface area contributed by atoms with Crippen LogP contribution in [0.5, 0.6) is 0 Å². The number of hydrogen-bond acceptors (Lipinski definition) is 4. The standard InChI is InChI=1S/C19H23F2N5/c1-18(2,10-22)11-25-15-7-6-14(19(3,20)21)16(26-15)13-9-24-17-12(13)5-4-8-23-17/h4-9H,10-11,22H2,1-3H3,(H,23,24)(H,25,26). The molecule has 4 N–H and O–H groups in total. The Kier molecular flexibility index (Phi) is 4.66. The van der Waals surface area contributed by atoms with Crippen molar-refractivity contribution >= 4 is 16.9 Å². The summed E-state index contributed by atoms with van der Waals surface area (Å²) in [4.78, 5) is 11.7. The number of anilines is 1. The zero-order valence-electron chi connectivity index (χ0n) is 15.1. The molecule has 0 unspecified atom stereocenters. The molecule has 0 atom stereocenters. The molecule has 3 aromatic rings. The molecule has 3 rings (SSSR count). The summed E-state index contributed by atoms with van der Waals surface area (Å²) in [6.45, 7) is 6.03. The van der Waals surface area contributed by atoms with Crippen LogP contribution < -0.4 is 11.1 Å². The van der Waals surface area contributed by atoms with Crippen molar-refractivity contribution in [2.45, 2.75) is 26.7 Å². The third-order valence-corrected chi connectivity index (χ3v) is 4.38. The topological polar surface area (TPSA) is 79.6 Å². The van der Waals surface area contributed by atoms with Gasteiger partial charge >= 0.3 is 0 Å². The number of nitrogens with two attached hydrogens (primary N) is 1. The van der Waals surface area contributed by atoms with Crippen LogP contribution in [0.2, 0.25) is 0 Å². The quantitative estimate of drug-likeness (QED) is 0.618. The number of pyridine rings is 2. The van der Waals surface area contributed by atoms with Crippen LogP contribution in [0.25, 0.3) is 22.3 Å². The minimum absolute atomic E-state index is 0.120. The van der Waals surface area contributed by atoms with E-state index in [1.807, 2.05) is 19.9 Å². The van der Waals surface area contributed by atoms with Gasteiger partial charge in [-0.25, -0.2) is 18.7 Å². The first-order valence-electron chi connectivity index (χ1n) is 8.47. The molecular formula is C19H23F2N5. The van der Waals surface area contributed by atoms with E-state index in [-0.39, 0.29) is 16.7 Å². The van der Waals surface area contributed by atoms with E-state index >= 15 is 0 Å². The second-order valence-corrected chi connectivity index (χ2v) is 7.30. The smallest absolute Gasteiger partial charge is 0.272 e. The van der Waals surface area contributed by atoms with Crippen molar-refractivity contribution in [3.8, 4) is 11.3 Å². The van der Waals surface area contributed by atoms with Crippen molar-refractivity contribution in [3.63, 3.8) is 0 Å². The van der Waals surface area contributed by atoms with Gasteiger partial charge in [-0.2, -0.15) is 0 Å². The Morgan fingerprint density at radius 2 is 1.96 bits per heavy atom. The molecule has 0 saturated heterocycles. The molecule has 0 aromatic carbocycles. The lowest BCUT2D eigenvalue weighted by molar-refractivity contribution is 0.0178. The molecule has 3 aromatic heterocycles. The summed E-state index contributed by atoms with van der Waals surface area (Å²) in [6, 6.07) is 6.62. The van der Waals surface area contributed by atoms with Gasteiger partial charge in [0, 0.05) is 42.4 Å². The van der Waals surface area contributed by atoms with E-state index in [2.05, 4.69) is 20.3 Å². The van der Waals surface area contributed by atoms with Crippen molar-refractivity contribution in [1.29, 1.82) is 0 Å². The van der Waals surface area contributed by atoms with E-state index in [0.29, 0.717) is 30.1 Å². The van der Waals surface area contributed by atoms with Gasteiger partial charge in [-0.15, -0.1) is 0 Å². The van der Waals surface area contributed by atoms with Gasteiger partial charge in [-0.1, -0.05) is 13.8 Å². The number of aromatic amines is 1. The number of rotatable bonds is 6. The Balaban J connectivity index is 2.07. The molecule has 0 radical (unpaired) electrons. The van der Waals surface area contributed by atoms with Gasteiger partial charge in [0.15, 0.2) is 0 Å². The number of hydrogen-bond donors (Lipinski definition) is 3. The molecule has 0 fully saturated rings. The Morgan fingerprint density at radius 1 is 1.19 bits per heavy atom. The molecule has 0 aliphatic rings. The fourth-order valence-corrected chi connectivity index (χ4v) is 2.67. The van der Waals surface area contributed by atoms with Crippen LogP contribution in [-0.4, -0.2) is 28.0 Å².